The summed E-state index contributed by atoms with van der Waals surface area (Å²) in [6, 6.07) is 6.36. The fourth-order valence-corrected chi connectivity index (χ4v) is 2.63. The van der Waals surface area contributed by atoms with E-state index >= 15 is 0 Å². The highest BCUT2D eigenvalue weighted by Gasteiger charge is 2.26. The lowest BCUT2D eigenvalue weighted by Crippen LogP contribution is -2.21. The topological polar surface area (TPSA) is 52.0 Å². The zero-order valence-electron chi connectivity index (χ0n) is 12.2. The van der Waals surface area contributed by atoms with E-state index in [4.69, 9.17) is 16.3 Å². The summed E-state index contributed by atoms with van der Waals surface area (Å²) in [6.07, 6.45) is 4.27. The van der Waals surface area contributed by atoms with Gasteiger partial charge < -0.3 is 14.6 Å². The average molecular weight is 307 g/mol. The summed E-state index contributed by atoms with van der Waals surface area (Å²) in [5, 5.41) is 12.4. The minimum absolute atomic E-state index is 0.114. The number of ether oxygens (including phenoxy) is 1. The van der Waals surface area contributed by atoms with Gasteiger partial charge in [-0.3, -0.25) is 0 Å². The molecule has 21 heavy (non-hydrogen) atoms. The number of methoxy groups -OCH3 is 1. The quantitative estimate of drug-likeness (QED) is 0.891. The van der Waals surface area contributed by atoms with Crippen molar-refractivity contribution in [2.75, 3.05) is 7.11 Å². The van der Waals surface area contributed by atoms with Crippen LogP contribution < -0.4 is 10.1 Å². The Balaban J connectivity index is 1.70. The van der Waals surface area contributed by atoms with Crippen molar-refractivity contribution in [3.05, 3.63) is 40.9 Å². The summed E-state index contributed by atoms with van der Waals surface area (Å²) in [7, 11) is 1.67. The van der Waals surface area contributed by atoms with Crippen LogP contribution in [0.1, 0.15) is 43.2 Å². The molecule has 0 bridgehead atoms. The van der Waals surface area contributed by atoms with E-state index in [1.165, 1.54) is 12.8 Å². The van der Waals surface area contributed by atoms with Crippen molar-refractivity contribution < 1.29 is 4.74 Å². The van der Waals surface area contributed by atoms with Gasteiger partial charge in [0, 0.05) is 22.7 Å². The highest BCUT2D eigenvalue weighted by molar-refractivity contribution is 6.30. The van der Waals surface area contributed by atoms with Gasteiger partial charge in [-0.1, -0.05) is 11.6 Å². The van der Waals surface area contributed by atoms with Crippen LogP contribution in [-0.4, -0.2) is 21.9 Å². The largest absolute Gasteiger partial charge is 0.496 e. The lowest BCUT2D eigenvalue weighted by molar-refractivity contribution is 0.400. The molecule has 0 aliphatic heterocycles. The Hall–Kier alpha value is -1.59. The van der Waals surface area contributed by atoms with E-state index in [2.05, 4.69) is 27.0 Å². The standard InChI is InChI=1S/C15H19ClN4O/c1-10(13-7-11(16)3-6-14(13)21-2)17-8-15-19-18-9-20(15)12-4-5-12/h3,6-7,9-10,12,17H,4-5,8H2,1-2H3. The molecule has 0 radical (unpaired) electrons. The van der Waals surface area contributed by atoms with E-state index in [0.717, 1.165) is 17.1 Å². The van der Waals surface area contributed by atoms with E-state index in [1.807, 2.05) is 24.5 Å². The van der Waals surface area contributed by atoms with Gasteiger partial charge in [-0.15, -0.1) is 10.2 Å². The number of rotatable bonds is 6. The van der Waals surface area contributed by atoms with Gasteiger partial charge >= 0.3 is 0 Å². The summed E-state index contributed by atoms with van der Waals surface area (Å²) >= 11 is 6.08. The number of benzene rings is 1. The van der Waals surface area contributed by atoms with Crippen LogP contribution in [0.4, 0.5) is 0 Å². The second-order valence-corrected chi connectivity index (χ2v) is 5.81. The summed E-state index contributed by atoms with van der Waals surface area (Å²) < 4.78 is 7.56. The molecule has 1 aliphatic carbocycles. The SMILES string of the molecule is COc1ccc(Cl)cc1C(C)NCc1nncn1C1CC1. The average Bonchev–Trinajstić information content (AvgIpc) is 3.23. The van der Waals surface area contributed by atoms with Crippen molar-refractivity contribution in [2.45, 2.75) is 38.4 Å². The third-order valence-electron chi connectivity index (χ3n) is 3.81. The third-order valence-corrected chi connectivity index (χ3v) is 4.05. The van der Waals surface area contributed by atoms with E-state index in [9.17, 15) is 0 Å². The van der Waals surface area contributed by atoms with Gasteiger partial charge in [0.2, 0.25) is 0 Å². The first kappa shape index (κ1) is 14.4. The number of hydrogen-bond acceptors (Lipinski definition) is 4. The van der Waals surface area contributed by atoms with Crippen LogP contribution in [0, 0.1) is 0 Å². The predicted molar refractivity (Wildman–Crippen MR) is 81.6 cm³/mol. The molecule has 112 valence electrons. The zero-order chi connectivity index (χ0) is 14.8. The maximum absolute atomic E-state index is 6.08. The van der Waals surface area contributed by atoms with Crippen LogP contribution in [0.3, 0.4) is 0 Å². The van der Waals surface area contributed by atoms with E-state index in [1.54, 1.807) is 7.11 Å². The summed E-state index contributed by atoms with van der Waals surface area (Å²) in [4.78, 5) is 0. The Morgan fingerprint density at radius 3 is 3.00 bits per heavy atom. The molecule has 1 aromatic carbocycles. The predicted octanol–water partition coefficient (Wildman–Crippen LogP) is 3.13. The molecule has 2 aromatic rings. The molecule has 5 nitrogen and oxygen atoms in total. The summed E-state index contributed by atoms with van der Waals surface area (Å²) in [5.74, 6) is 1.81. The Morgan fingerprint density at radius 1 is 1.48 bits per heavy atom. The van der Waals surface area contributed by atoms with Crippen LogP contribution in [0.5, 0.6) is 5.75 Å². The molecule has 1 heterocycles. The lowest BCUT2D eigenvalue weighted by Gasteiger charge is -2.17. The van der Waals surface area contributed by atoms with Crippen molar-refractivity contribution >= 4 is 11.6 Å². The van der Waals surface area contributed by atoms with Crippen molar-refractivity contribution in [1.82, 2.24) is 20.1 Å². The molecular formula is C15H19ClN4O. The highest BCUT2D eigenvalue weighted by atomic mass is 35.5. The van der Waals surface area contributed by atoms with Gasteiger partial charge in [-0.05, 0) is 38.0 Å². The number of halogens is 1. The maximum atomic E-state index is 6.08. The van der Waals surface area contributed by atoms with Gasteiger partial charge in [-0.2, -0.15) is 0 Å². The van der Waals surface area contributed by atoms with Gasteiger partial charge in [0.15, 0.2) is 0 Å². The van der Waals surface area contributed by atoms with Crippen LogP contribution in [0.25, 0.3) is 0 Å². The minimum Gasteiger partial charge on any atom is -0.496 e. The van der Waals surface area contributed by atoms with Crippen molar-refractivity contribution in [3.63, 3.8) is 0 Å². The summed E-state index contributed by atoms with van der Waals surface area (Å²) in [5.41, 5.74) is 1.04. The molecular weight excluding hydrogens is 288 g/mol. The van der Waals surface area contributed by atoms with Gasteiger partial charge in [-0.25, -0.2) is 0 Å². The second-order valence-electron chi connectivity index (χ2n) is 5.37. The van der Waals surface area contributed by atoms with Gasteiger partial charge in [0.05, 0.1) is 13.7 Å². The fraction of sp³-hybridized carbons (Fsp3) is 0.467. The van der Waals surface area contributed by atoms with Gasteiger partial charge in [0.25, 0.3) is 0 Å². The normalized spacial score (nSPS) is 16.0. The molecule has 0 saturated heterocycles. The molecule has 1 fully saturated rings. The van der Waals surface area contributed by atoms with E-state index in [-0.39, 0.29) is 6.04 Å². The highest BCUT2D eigenvalue weighted by Crippen LogP contribution is 2.35. The molecule has 0 spiro atoms. The molecule has 3 rings (SSSR count). The van der Waals surface area contributed by atoms with Crippen molar-refractivity contribution in [3.8, 4) is 5.75 Å². The number of nitrogens with one attached hydrogen (secondary N) is 1. The Labute approximate surface area is 129 Å². The van der Waals surface area contributed by atoms with E-state index in [0.29, 0.717) is 17.6 Å². The Morgan fingerprint density at radius 2 is 2.29 bits per heavy atom. The smallest absolute Gasteiger partial charge is 0.147 e. The third kappa shape index (κ3) is 3.19. The molecule has 6 heteroatoms. The molecule has 0 amide bonds. The fourth-order valence-electron chi connectivity index (χ4n) is 2.45. The monoisotopic (exact) mass is 306 g/mol. The molecule has 1 unspecified atom stereocenters. The number of hydrogen-bond donors (Lipinski definition) is 1. The molecule has 1 N–H and O–H groups in total. The first-order valence-corrected chi connectivity index (χ1v) is 7.52. The number of aromatic nitrogens is 3. The molecule has 1 aromatic heterocycles. The number of nitrogens with zero attached hydrogens (tertiary/aromatic N) is 3. The Bertz CT molecular complexity index is 624. The van der Waals surface area contributed by atoms with Crippen molar-refractivity contribution in [1.29, 1.82) is 0 Å². The molecule has 1 saturated carbocycles. The molecule has 1 aliphatic rings. The maximum Gasteiger partial charge on any atom is 0.147 e. The lowest BCUT2D eigenvalue weighted by atomic mass is 10.1. The van der Waals surface area contributed by atoms with Crippen LogP contribution in [0.15, 0.2) is 24.5 Å². The minimum atomic E-state index is 0.114. The van der Waals surface area contributed by atoms with E-state index < -0.39 is 0 Å². The second kappa shape index (κ2) is 6.03. The first-order chi connectivity index (χ1) is 10.2. The zero-order valence-corrected chi connectivity index (χ0v) is 13.0. The Kier molecular flexibility index (Phi) is 4.12. The van der Waals surface area contributed by atoms with Gasteiger partial charge in [0.1, 0.15) is 17.9 Å². The van der Waals surface area contributed by atoms with Crippen LogP contribution >= 0.6 is 11.6 Å². The summed E-state index contributed by atoms with van der Waals surface area (Å²) in [6.45, 7) is 2.76. The van der Waals surface area contributed by atoms with Crippen LogP contribution in [0.2, 0.25) is 5.02 Å². The molecule has 1 atom stereocenters. The van der Waals surface area contributed by atoms with Crippen molar-refractivity contribution in [2.24, 2.45) is 0 Å². The van der Waals surface area contributed by atoms with Crippen LogP contribution in [-0.2, 0) is 6.54 Å². The first-order valence-electron chi connectivity index (χ1n) is 7.14.